The lowest BCUT2D eigenvalue weighted by Gasteiger charge is -2.31. The first-order valence-corrected chi connectivity index (χ1v) is 13.1. The Hall–Kier alpha value is -2.59. The number of amides is 2. The van der Waals surface area contributed by atoms with Crippen molar-refractivity contribution in [3.8, 4) is 5.75 Å². The van der Waals surface area contributed by atoms with Crippen LogP contribution in [0.1, 0.15) is 25.8 Å². The highest BCUT2D eigenvalue weighted by Crippen LogP contribution is 2.22. The zero-order chi connectivity index (χ0) is 24.6. The van der Waals surface area contributed by atoms with Gasteiger partial charge in [0.2, 0.25) is 21.8 Å². The van der Waals surface area contributed by atoms with Gasteiger partial charge in [-0.15, -0.1) is 0 Å². The summed E-state index contributed by atoms with van der Waals surface area (Å²) in [5, 5.41) is 2.80. The van der Waals surface area contributed by atoms with Crippen molar-refractivity contribution in [2.45, 2.75) is 32.9 Å². The molecule has 0 spiro atoms. The second-order valence-electron chi connectivity index (χ2n) is 7.59. The monoisotopic (exact) mass is 539 g/mol. The first-order chi connectivity index (χ1) is 15.6. The van der Waals surface area contributed by atoms with Gasteiger partial charge in [-0.1, -0.05) is 35.0 Å². The first kappa shape index (κ1) is 26.7. The van der Waals surface area contributed by atoms with Crippen LogP contribution >= 0.6 is 15.9 Å². The number of hydrogen-bond acceptors (Lipinski definition) is 5. The Morgan fingerprint density at radius 1 is 1.15 bits per heavy atom. The van der Waals surface area contributed by atoms with E-state index < -0.39 is 28.5 Å². The number of halogens is 1. The number of ether oxygens (including phenoxy) is 1. The van der Waals surface area contributed by atoms with Crippen LogP contribution in [-0.2, 0) is 26.2 Å². The number of rotatable bonds is 11. The van der Waals surface area contributed by atoms with E-state index in [0.29, 0.717) is 18.0 Å². The second kappa shape index (κ2) is 12.0. The molecule has 8 nitrogen and oxygen atoms in total. The minimum Gasteiger partial charge on any atom is -0.497 e. The molecular weight excluding hydrogens is 510 g/mol. The highest BCUT2D eigenvalue weighted by atomic mass is 79.9. The van der Waals surface area contributed by atoms with Gasteiger partial charge in [0.15, 0.2) is 0 Å². The van der Waals surface area contributed by atoms with Crippen LogP contribution in [0.4, 0.5) is 5.69 Å². The maximum Gasteiger partial charge on any atom is 0.244 e. The fourth-order valence-electron chi connectivity index (χ4n) is 3.17. The lowest BCUT2D eigenvalue weighted by atomic mass is 10.1. The van der Waals surface area contributed by atoms with Crippen molar-refractivity contribution in [1.29, 1.82) is 0 Å². The topological polar surface area (TPSA) is 96.0 Å². The van der Waals surface area contributed by atoms with Gasteiger partial charge >= 0.3 is 0 Å². The van der Waals surface area contributed by atoms with Crippen molar-refractivity contribution in [2.24, 2.45) is 0 Å². The maximum atomic E-state index is 13.4. The Kier molecular flexibility index (Phi) is 9.72. The number of benzene rings is 2. The summed E-state index contributed by atoms with van der Waals surface area (Å²) >= 11 is 3.42. The molecule has 0 bridgehead atoms. The standard InChI is InChI=1S/C23H30BrN3O5S/c1-5-13-25-23(29)17(2)26(15-18-7-6-8-19(24)14-18)22(28)16-27(33(4,30)31)20-9-11-21(32-3)12-10-20/h6-12,14,17H,5,13,15-16H2,1-4H3,(H,25,29)/t17-/m1/s1. The Morgan fingerprint density at radius 2 is 1.82 bits per heavy atom. The van der Waals surface area contributed by atoms with Crippen LogP contribution in [0.3, 0.4) is 0 Å². The van der Waals surface area contributed by atoms with Crippen molar-refractivity contribution in [3.05, 3.63) is 58.6 Å². The largest absolute Gasteiger partial charge is 0.497 e. The zero-order valence-electron chi connectivity index (χ0n) is 19.2. The fourth-order valence-corrected chi connectivity index (χ4v) is 4.47. The number of carbonyl (C=O) groups excluding carboxylic acids is 2. The molecule has 2 rings (SSSR count). The summed E-state index contributed by atoms with van der Waals surface area (Å²) in [6.45, 7) is 3.78. The summed E-state index contributed by atoms with van der Waals surface area (Å²) in [4.78, 5) is 27.5. The van der Waals surface area contributed by atoms with Gasteiger partial charge in [-0.05, 0) is 55.3 Å². The molecule has 0 aromatic heterocycles. The van der Waals surface area contributed by atoms with Crippen molar-refractivity contribution in [1.82, 2.24) is 10.2 Å². The number of anilines is 1. The van der Waals surface area contributed by atoms with E-state index in [-0.39, 0.29) is 12.5 Å². The van der Waals surface area contributed by atoms with Crippen LogP contribution < -0.4 is 14.4 Å². The summed E-state index contributed by atoms with van der Waals surface area (Å²) in [7, 11) is -2.26. The molecule has 0 saturated carbocycles. The molecule has 0 aliphatic carbocycles. The van der Waals surface area contributed by atoms with Crippen LogP contribution in [0, 0.1) is 0 Å². The highest BCUT2D eigenvalue weighted by Gasteiger charge is 2.30. The number of carbonyl (C=O) groups is 2. The number of hydrogen-bond donors (Lipinski definition) is 1. The molecule has 180 valence electrons. The lowest BCUT2D eigenvalue weighted by molar-refractivity contribution is -0.139. The Balaban J connectivity index is 2.36. The third kappa shape index (κ3) is 7.75. The molecular formula is C23H30BrN3O5S. The molecule has 2 amide bonds. The molecule has 0 radical (unpaired) electrons. The predicted molar refractivity (Wildman–Crippen MR) is 133 cm³/mol. The lowest BCUT2D eigenvalue weighted by Crippen LogP contribution is -2.51. The molecule has 0 unspecified atom stereocenters. The average molecular weight is 540 g/mol. The quantitative estimate of drug-likeness (QED) is 0.473. The van der Waals surface area contributed by atoms with Crippen LogP contribution in [0.25, 0.3) is 0 Å². The number of sulfonamides is 1. The van der Waals surface area contributed by atoms with Crippen LogP contribution in [-0.4, -0.2) is 57.6 Å². The SMILES string of the molecule is CCCNC(=O)[C@@H](C)N(Cc1cccc(Br)c1)C(=O)CN(c1ccc(OC)cc1)S(C)(=O)=O. The number of nitrogens with zero attached hydrogens (tertiary/aromatic N) is 2. The van der Waals surface area contributed by atoms with Crippen LogP contribution in [0.2, 0.25) is 0 Å². The molecule has 0 heterocycles. The maximum absolute atomic E-state index is 13.4. The minimum atomic E-state index is -3.77. The van der Waals surface area contributed by atoms with Gasteiger partial charge in [0, 0.05) is 17.6 Å². The van der Waals surface area contributed by atoms with Gasteiger partial charge in [-0.2, -0.15) is 0 Å². The van der Waals surface area contributed by atoms with E-state index >= 15 is 0 Å². The van der Waals surface area contributed by atoms with Crippen molar-refractivity contribution in [3.63, 3.8) is 0 Å². The summed E-state index contributed by atoms with van der Waals surface area (Å²) in [5.41, 5.74) is 1.14. The van der Waals surface area contributed by atoms with Crippen molar-refractivity contribution >= 4 is 43.5 Å². The number of methoxy groups -OCH3 is 1. The normalized spacial score (nSPS) is 12.0. The molecule has 0 saturated heterocycles. The number of nitrogens with one attached hydrogen (secondary N) is 1. The second-order valence-corrected chi connectivity index (χ2v) is 10.4. The zero-order valence-corrected chi connectivity index (χ0v) is 21.6. The fraction of sp³-hybridized carbons (Fsp3) is 0.391. The Bertz CT molecular complexity index is 1060. The van der Waals surface area contributed by atoms with Crippen LogP contribution in [0.15, 0.2) is 53.0 Å². The van der Waals surface area contributed by atoms with Gasteiger partial charge in [-0.3, -0.25) is 13.9 Å². The van der Waals surface area contributed by atoms with E-state index in [4.69, 9.17) is 4.74 Å². The first-order valence-electron chi connectivity index (χ1n) is 10.5. The van der Waals surface area contributed by atoms with Gasteiger partial charge in [0.1, 0.15) is 18.3 Å². The Morgan fingerprint density at radius 3 is 2.36 bits per heavy atom. The third-order valence-electron chi connectivity index (χ3n) is 5.00. The Labute approximate surface area is 204 Å². The minimum absolute atomic E-state index is 0.152. The van der Waals surface area contributed by atoms with Gasteiger partial charge < -0.3 is 15.0 Å². The molecule has 2 aromatic rings. The summed E-state index contributed by atoms with van der Waals surface area (Å²) in [5.74, 6) is -0.220. The molecule has 10 heteroatoms. The summed E-state index contributed by atoms with van der Waals surface area (Å²) < 4.78 is 32.1. The van der Waals surface area contributed by atoms with E-state index in [2.05, 4.69) is 21.2 Å². The molecule has 0 aliphatic rings. The van der Waals surface area contributed by atoms with Crippen molar-refractivity contribution < 1.29 is 22.7 Å². The van der Waals surface area contributed by atoms with Gasteiger partial charge in [-0.25, -0.2) is 8.42 Å². The molecule has 1 N–H and O–H groups in total. The molecule has 2 aromatic carbocycles. The average Bonchev–Trinajstić information content (AvgIpc) is 2.78. The van der Waals surface area contributed by atoms with E-state index in [1.165, 1.54) is 12.0 Å². The molecule has 0 aliphatic heterocycles. The van der Waals surface area contributed by atoms with E-state index in [1.807, 2.05) is 31.2 Å². The summed E-state index contributed by atoms with van der Waals surface area (Å²) in [6.07, 6.45) is 1.80. The van der Waals surface area contributed by atoms with E-state index in [1.54, 1.807) is 31.2 Å². The van der Waals surface area contributed by atoms with Crippen molar-refractivity contribution in [2.75, 3.05) is 30.8 Å². The van der Waals surface area contributed by atoms with Gasteiger partial charge in [0.25, 0.3) is 0 Å². The van der Waals surface area contributed by atoms with E-state index in [0.717, 1.165) is 27.0 Å². The third-order valence-corrected chi connectivity index (χ3v) is 6.63. The molecule has 33 heavy (non-hydrogen) atoms. The molecule has 0 fully saturated rings. The molecule has 1 atom stereocenters. The van der Waals surface area contributed by atoms with Gasteiger partial charge in [0.05, 0.1) is 19.1 Å². The smallest absolute Gasteiger partial charge is 0.244 e. The predicted octanol–water partition coefficient (Wildman–Crippen LogP) is 3.17. The highest BCUT2D eigenvalue weighted by molar-refractivity contribution is 9.10. The van der Waals surface area contributed by atoms with E-state index in [9.17, 15) is 18.0 Å². The van der Waals surface area contributed by atoms with Crippen LogP contribution in [0.5, 0.6) is 5.75 Å². The summed E-state index contributed by atoms with van der Waals surface area (Å²) in [6, 6.07) is 13.0.